The molecule has 0 fully saturated rings. The van der Waals surface area contributed by atoms with Crippen LogP contribution in [0.1, 0.15) is 39.3 Å². The van der Waals surface area contributed by atoms with E-state index in [1.165, 1.54) is 0 Å². The minimum Gasteiger partial charge on any atom is -0.394 e. The third-order valence-electron chi connectivity index (χ3n) is 2.99. The van der Waals surface area contributed by atoms with Crippen molar-refractivity contribution >= 4 is 11.5 Å². The van der Waals surface area contributed by atoms with Gasteiger partial charge in [0.05, 0.1) is 18.0 Å². The molecule has 0 amide bonds. The molecule has 1 heterocycles. The maximum atomic E-state index is 6.03. The average molecular weight is 268 g/mol. The molecule has 0 atom stereocenters. The van der Waals surface area contributed by atoms with Crippen LogP contribution < -0.4 is 11.1 Å². The third-order valence-corrected chi connectivity index (χ3v) is 2.99. The van der Waals surface area contributed by atoms with Gasteiger partial charge >= 0.3 is 0 Å². The number of hydrogen-bond donors (Lipinski definition) is 2. The second-order valence-corrected chi connectivity index (χ2v) is 5.29. The third kappa shape index (κ3) is 5.11. The van der Waals surface area contributed by atoms with E-state index in [1.54, 1.807) is 0 Å². The van der Waals surface area contributed by atoms with Gasteiger partial charge in [-0.05, 0) is 25.7 Å². The normalized spacial score (nSPS) is 11.2. The Labute approximate surface area is 116 Å². The lowest BCUT2D eigenvalue weighted by atomic mass is 10.1. The molecular formula is C14H28N4O. The van der Waals surface area contributed by atoms with Crippen molar-refractivity contribution in [1.82, 2.24) is 9.78 Å². The van der Waals surface area contributed by atoms with Gasteiger partial charge in [-0.25, -0.2) is 4.68 Å². The summed E-state index contributed by atoms with van der Waals surface area (Å²) in [6.07, 6.45) is 2.15. The lowest BCUT2D eigenvalue weighted by Crippen LogP contribution is -2.15. The molecule has 0 saturated carbocycles. The first-order valence-electron chi connectivity index (χ1n) is 7.20. The topological polar surface area (TPSA) is 65.1 Å². The fraction of sp³-hybridized carbons (Fsp3) is 0.786. The molecule has 0 aliphatic heterocycles. The van der Waals surface area contributed by atoms with Crippen LogP contribution in [0.5, 0.6) is 0 Å². The molecule has 110 valence electrons. The molecule has 0 saturated heterocycles. The molecule has 5 nitrogen and oxygen atoms in total. The SMILES string of the molecule is CCCn1nc(C)c(N)c1NCCOCCC(C)C. The van der Waals surface area contributed by atoms with Crippen LogP contribution in [0.2, 0.25) is 0 Å². The van der Waals surface area contributed by atoms with Gasteiger partial charge in [-0.15, -0.1) is 0 Å². The largest absolute Gasteiger partial charge is 0.394 e. The van der Waals surface area contributed by atoms with E-state index >= 15 is 0 Å². The summed E-state index contributed by atoms with van der Waals surface area (Å²) < 4.78 is 7.52. The van der Waals surface area contributed by atoms with Gasteiger partial charge in [0.25, 0.3) is 0 Å². The van der Waals surface area contributed by atoms with Crippen molar-refractivity contribution in [2.24, 2.45) is 5.92 Å². The zero-order valence-corrected chi connectivity index (χ0v) is 12.7. The Bertz CT molecular complexity index is 374. The van der Waals surface area contributed by atoms with Gasteiger partial charge in [0, 0.05) is 19.7 Å². The maximum absolute atomic E-state index is 6.03. The molecule has 1 rings (SSSR count). The molecular weight excluding hydrogens is 240 g/mol. The zero-order valence-electron chi connectivity index (χ0n) is 12.7. The number of anilines is 2. The fourth-order valence-electron chi connectivity index (χ4n) is 1.82. The first-order chi connectivity index (χ1) is 9.06. The smallest absolute Gasteiger partial charge is 0.148 e. The number of nitrogens with two attached hydrogens (primary N) is 1. The van der Waals surface area contributed by atoms with Crippen molar-refractivity contribution in [2.75, 3.05) is 30.8 Å². The summed E-state index contributed by atoms with van der Waals surface area (Å²) in [5, 5.41) is 7.75. The predicted octanol–water partition coefficient (Wildman–Crippen LogP) is 2.66. The number of nitrogens with zero attached hydrogens (tertiary/aromatic N) is 2. The van der Waals surface area contributed by atoms with Crippen LogP contribution >= 0.6 is 0 Å². The van der Waals surface area contributed by atoms with E-state index in [1.807, 2.05) is 11.6 Å². The molecule has 1 aromatic rings. The highest BCUT2D eigenvalue weighted by molar-refractivity contribution is 5.64. The molecule has 0 unspecified atom stereocenters. The monoisotopic (exact) mass is 268 g/mol. The molecule has 3 N–H and O–H groups in total. The average Bonchev–Trinajstić information content (AvgIpc) is 2.61. The van der Waals surface area contributed by atoms with Crippen LogP contribution in [0, 0.1) is 12.8 Å². The Balaban J connectivity index is 2.36. The standard InChI is InChI=1S/C14H28N4O/c1-5-8-18-14(13(15)12(4)17-18)16-7-10-19-9-6-11(2)3/h11,16H,5-10,15H2,1-4H3. The van der Waals surface area contributed by atoms with Gasteiger partial charge in [-0.2, -0.15) is 5.10 Å². The second-order valence-electron chi connectivity index (χ2n) is 5.29. The maximum Gasteiger partial charge on any atom is 0.148 e. The van der Waals surface area contributed by atoms with Crippen LogP contribution in [0.3, 0.4) is 0 Å². The van der Waals surface area contributed by atoms with Gasteiger partial charge in [0.2, 0.25) is 0 Å². The predicted molar refractivity (Wildman–Crippen MR) is 80.4 cm³/mol. The van der Waals surface area contributed by atoms with E-state index in [4.69, 9.17) is 10.5 Å². The quantitative estimate of drug-likeness (QED) is 0.676. The summed E-state index contributed by atoms with van der Waals surface area (Å²) in [6.45, 7) is 11.6. The van der Waals surface area contributed by atoms with Crippen molar-refractivity contribution < 1.29 is 4.74 Å². The molecule has 1 aromatic heterocycles. The van der Waals surface area contributed by atoms with E-state index in [2.05, 4.69) is 31.2 Å². The highest BCUT2D eigenvalue weighted by Crippen LogP contribution is 2.22. The van der Waals surface area contributed by atoms with E-state index in [-0.39, 0.29) is 0 Å². The van der Waals surface area contributed by atoms with Crippen LogP contribution in [-0.4, -0.2) is 29.5 Å². The van der Waals surface area contributed by atoms with Crippen LogP contribution in [-0.2, 0) is 11.3 Å². The van der Waals surface area contributed by atoms with Crippen molar-refractivity contribution in [3.63, 3.8) is 0 Å². The summed E-state index contributed by atoms with van der Waals surface area (Å²) in [5.74, 6) is 1.61. The first kappa shape index (κ1) is 15.8. The van der Waals surface area contributed by atoms with E-state index in [0.717, 1.165) is 49.7 Å². The number of aryl methyl sites for hydroxylation is 2. The summed E-state index contributed by atoms with van der Waals surface area (Å²) in [4.78, 5) is 0. The van der Waals surface area contributed by atoms with Gasteiger partial charge in [-0.1, -0.05) is 20.8 Å². The molecule has 0 bridgehead atoms. The summed E-state index contributed by atoms with van der Waals surface area (Å²) in [7, 11) is 0. The summed E-state index contributed by atoms with van der Waals surface area (Å²) >= 11 is 0. The molecule has 0 aliphatic rings. The van der Waals surface area contributed by atoms with E-state index in [0.29, 0.717) is 12.5 Å². The fourth-order valence-corrected chi connectivity index (χ4v) is 1.82. The summed E-state index contributed by atoms with van der Waals surface area (Å²) in [6, 6.07) is 0. The molecule has 19 heavy (non-hydrogen) atoms. The number of aromatic nitrogens is 2. The van der Waals surface area contributed by atoms with E-state index in [9.17, 15) is 0 Å². The Morgan fingerprint density at radius 2 is 2.11 bits per heavy atom. The Morgan fingerprint density at radius 1 is 1.37 bits per heavy atom. The zero-order chi connectivity index (χ0) is 14.3. The number of ether oxygens (including phenoxy) is 1. The highest BCUT2D eigenvalue weighted by atomic mass is 16.5. The Kier molecular flexibility index (Phi) is 6.70. The van der Waals surface area contributed by atoms with Gasteiger partial charge in [0.1, 0.15) is 5.82 Å². The Hall–Kier alpha value is -1.23. The number of hydrogen-bond acceptors (Lipinski definition) is 4. The van der Waals surface area contributed by atoms with Crippen molar-refractivity contribution in [2.45, 2.75) is 47.1 Å². The number of nitrogen functional groups attached to an aromatic ring is 1. The van der Waals surface area contributed by atoms with Crippen LogP contribution in [0.15, 0.2) is 0 Å². The molecule has 0 aromatic carbocycles. The van der Waals surface area contributed by atoms with Crippen molar-refractivity contribution in [1.29, 1.82) is 0 Å². The van der Waals surface area contributed by atoms with Crippen LogP contribution in [0.25, 0.3) is 0 Å². The molecule has 0 aliphatic carbocycles. The van der Waals surface area contributed by atoms with Crippen molar-refractivity contribution in [3.05, 3.63) is 5.69 Å². The highest BCUT2D eigenvalue weighted by Gasteiger charge is 2.10. The number of rotatable bonds is 9. The summed E-state index contributed by atoms with van der Waals surface area (Å²) in [5.41, 5.74) is 7.66. The first-order valence-corrected chi connectivity index (χ1v) is 7.20. The van der Waals surface area contributed by atoms with Crippen LogP contribution in [0.4, 0.5) is 11.5 Å². The Morgan fingerprint density at radius 3 is 2.74 bits per heavy atom. The molecule has 0 spiro atoms. The van der Waals surface area contributed by atoms with Gasteiger partial charge < -0.3 is 15.8 Å². The molecule has 5 heteroatoms. The minimum atomic E-state index is 0.692. The lowest BCUT2D eigenvalue weighted by Gasteiger charge is -2.11. The van der Waals surface area contributed by atoms with E-state index < -0.39 is 0 Å². The van der Waals surface area contributed by atoms with Gasteiger partial charge in [0.15, 0.2) is 0 Å². The molecule has 0 radical (unpaired) electrons. The lowest BCUT2D eigenvalue weighted by molar-refractivity contribution is 0.132. The number of nitrogens with one attached hydrogen (secondary N) is 1. The minimum absolute atomic E-state index is 0.692. The van der Waals surface area contributed by atoms with Gasteiger partial charge in [-0.3, -0.25) is 0 Å². The van der Waals surface area contributed by atoms with Crippen molar-refractivity contribution in [3.8, 4) is 0 Å². The second kappa shape index (κ2) is 8.04.